The molecule has 1 saturated carbocycles. The lowest BCUT2D eigenvalue weighted by Gasteiger charge is -2.50. The predicted octanol–water partition coefficient (Wildman–Crippen LogP) is 1.87. The van der Waals surface area contributed by atoms with Gasteiger partial charge in [-0.1, -0.05) is 30.3 Å². The first-order valence-electron chi connectivity index (χ1n) is 9.29. The number of rotatable bonds is 4. The topological polar surface area (TPSA) is 55.9 Å². The molecule has 1 spiro atoms. The molecule has 26 heavy (non-hydrogen) atoms. The van der Waals surface area contributed by atoms with Gasteiger partial charge in [-0.15, -0.1) is 0 Å². The fourth-order valence-electron chi connectivity index (χ4n) is 4.48. The van der Waals surface area contributed by atoms with E-state index in [2.05, 4.69) is 48.6 Å². The molecule has 2 fully saturated rings. The van der Waals surface area contributed by atoms with E-state index in [9.17, 15) is 9.59 Å². The van der Waals surface area contributed by atoms with Gasteiger partial charge in [0.05, 0.1) is 5.54 Å². The Hall–Kier alpha value is -2.08. The molecule has 0 bridgehead atoms. The van der Waals surface area contributed by atoms with Gasteiger partial charge in [-0.05, 0) is 45.3 Å². The lowest BCUT2D eigenvalue weighted by atomic mass is 9.68. The Kier molecular flexibility index (Phi) is 4.97. The molecule has 2 aliphatic rings. The molecule has 142 valence electrons. The summed E-state index contributed by atoms with van der Waals surface area (Å²) in [6.45, 7) is 0.782. The number of benzene rings is 1. The highest BCUT2D eigenvalue weighted by atomic mass is 16.2. The Labute approximate surface area is 156 Å². The summed E-state index contributed by atoms with van der Waals surface area (Å²) in [6, 6.07) is 10.5. The highest BCUT2D eigenvalue weighted by Gasteiger charge is 2.52. The van der Waals surface area contributed by atoms with Crippen LogP contribution in [0.3, 0.4) is 0 Å². The van der Waals surface area contributed by atoms with Crippen LogP contribution < -0.4 is 5.32 Å². The zero-order valence-corrected chi connectivity index (χ0v) is 16.3. The van der Waals surface area contributed by atoms with E-state index >= 15 is 0 Å². The van der Waals surface area contributed by atoms with Gasteiger partial charge in [0.15, 0.2) is 0 Å². The SMILES string of the molecule is CN(C)C(=O)CN1C(=O)NCC12CCC(c1ccccc1)(N(C)C)CC2. The summed E-state index contributed by atoms with van der Waals surface area (Å²) in [7, 11) is 7.74. The average molecular weight is 358 g/mol. The number of amides is 3. The fourth-order valence-corrected chi connectivity index (χ4v) is 4.48. The molecule has 3 amide bonds. The Morgan fingerprint density at radius 2 is 1.69 bits per heavy atom. The monoisotopic (exact) mass is 358 g/mol. The molecule has 6 heteroatoms. The summed E-state index contributed by atoms with van der Waals surface area (Å²) >= 11 is 0. The molecule has 1 aliphatic carbocycles. The molecule has 0 radical (unpaired) electrons. The number of likely N-dealkylation sites (N-methyl/N-ethyl adjacent to an activating group) is 1. The van der Waals surface area contributed by atoms with E-state index in [0.717, 1.165) is 25.7 Å². The minimum Gasteiger partial charge on any atom is -0.347 e. The first-order valence-corrected chi connectivity index (χ1v) is 9.29. The average Bonchev–Trinajstić information content (AvgIpc) is 2.93. The minimum absolute atomic E-state index is 0.0185. The van der Waals surface area contributed by atoms with Gasteiger partial charge >= 0.3 is 6.03 Å². The van der Waals surface area contributed by atoms with E-state index < -0.39 is 0 Å². The van der Waals surface area contributed by atoms with Crippen molar-refractivity contribution in [2.45, 2.75) is 36.8 Å². The number of hydrogen-bond donors (Lipinski definition) is 1. The molecule has 0 unspecified atom stereocenters. The van der Waals surface area contributed by atoms with Crippen molar-refractivity contribution in [2.75, 3.05) is 41.3 Å². The van der Waals surface area contributed by atoms with Crippen LogP contribution in [0, 0.1) is 0 Å². The van der Waals surface area contributed by atoms with E-state index in [1.54, 1.807) is 23.9 Å². The van der Waals surface area contributed by atoms with Crippen LogP contribution in [-0.4, -0.2) is 73.5 Å². The summed E-state index contributed by atoms with van der Waals surface area (Å²) in [6.07, 6.45) is 3.70. The predicted molar refractivity (Wildman–Crippen MR) is 102 cm³/mol. The van der Waals surface area contributed by atoms with Gasteiger partial charge in [-0.2, -0.15) is 0 Å². The van der Waals surface area contributed by atoms with Crippen LogP contribution in [-0.2, 0) is 10.3 Å². The molecule has 1 aromatic carbocycles. The Morgan fingerprint density at radius 1 is 1.08 bits per heavy atom. The van der Waals surface area contributed by atoms with Crippen LogP contribution in [0.25, 0.3) is 0 Å². The largest absolute Gasteiger partial charge is 0.347 e. The van der Waals surface area contributed by atoms with Crippen LogP contribution in [0.15, 0.2) is 30.3 Å². The third-order valence-electron chi connectivity index (χ3n) is 6.35. The molecule has 0 aromatic heterocycles. The lowest BCUT2D eigenvalue weighted by Crippen LogP contribution is -2.57. The summed E-state index contributed by atoms with van der Waals surface area (Å²) < 4.78 is 0. The van der Waals surface area contributed by atoms with Crippen LogP contribution in [0.4, 0.5) is 4.79 Å². The summed E-state index contributed by atoms with van der Waals surface area (Å²) in [5, 5.41) is 2.97. The van der Waals surface area contributed by atoms with Crippen molar-refractivity contribution in [3.63, 3.8) is 0 Å². The van der Waals surface area contributed by atoms with Crippen LogP contribution in [0.2, 0.25) is 0 Å². The molecular formula is C20H30N4O2. The molecule has 0 atom stereocenters. The highest BCUT2D eigenvalue weighted by Crippen LogP contribution is 2.47. The van der Waals surface area contributed by atoms with Crippen molar-refractivity contribution in [3.8, 4) is 0 Å². The first kappa shape index (κ1) is 18.7. The van der Waals surface area contributed by atoms with Gasteiger partial charge in [0, 0.05) is 26.2 Å². The van der Waals surface area contributed by atoms with Crippen molar-refractivity contribution >= 4 is 11.9 Å². The number of carbonyl (C=O) groups is 2. The molecule has 1 aliphatic heterocycles. The molecule has 1 aromatic rings. The van der Waals surface area contributed by atoms with Crippen molar-refractivity contribution in [1.29, 1.82) is 0 Å². The van der Waals surface area contributed by atoms with E-state index in [1.165, 1.54) is 5.56 Å². The quantitative estimate of drug-likeness (QED) is 0.894. The van der Waals surface area contributed by atoms with Gasteiger partial charge in [0.25, 0.3) is 0 Å². The van der Waals surface area contributed by atoms with E-state index in [1.807, 2.05) is 6.07 Å². The number of hydrogen-bond acceptors (Lipinski definition) is 3. The number of nitrogens with zero attached hydrogens (tertiary/aromatic N) is 3. The molecular weight excluding hydrogens is 328 g/mol. The second-order valence-corrected chi connectivity index (χ2v) is 8.05. The van der Waals surface area contributed by atoms with Crippen LogP contribution in [0.5, 0.6) is 0 Å². The lowest BCUT2D eigenvalue weighted by molar-refractivity contribution is -0.130. The van der Waals surface area contributed by atoms with Gasteiger partial charge < -0.3 is 15.1 Å². The van der Waals surface area contributed by atoms with Crippen molar-refractivity contribution in [3.05, 3.63) is 35.9 Å². The number of nitrogens with one attached hydrogen (secondary N) is 1. The normalized spacial score (nSPS) is 28.5. The van der Waals surface area contributed by atoms with Gasteiger partial charge in [-0.3, -0.25) is 9.69 Å². The third-order valence-corrected chi connectivity index (χ3v) is 6.35. The maximum atomic E-state index is 12.4. The molecule has 1 saturated heterocycles. The molecule has 1 heterocycles. The van der Waals surface area contributed by atoms with Gasteiger partial charge in [0.1, 0.15) is 6.54 Å². The molecule has 3 rings (SSSR count). The third kappa shape index (κ3) is 3.07. The van der Waals surface area contributed by atoms with Gasteiger partial charge in [0.2, 0.25) is 5.91 Å². The van der Waals surface area contributed by atoms with Crippen molar-refractivity contribution in [2.24, 2.45) is 0 Å². The second-order valence-electron chi connectivity index (χ2n) is 8.05. The maximum Gasteiger partial charge on any atom is 0.318 e. The van der Waals surface area contributed by atoms with Crippen molar-refractivity contribution in [1.82, 2.24) is 20.0 Å². The Morgan fingerprint density at radius 3 is 2.23 bits per heavy atom. The van der Waals surface area contributed by atoms with Crippen LogP contribution in [0.1, 0.15) is 31.2 Å². The van der Waals surface area contributed by atoms with Crippen molar-refractivity contribution < 1.29 is 9.59 Å². The minimum atomic E-state index is -0.253. The van der Waals surface area contributed by atoms with E-state index in [4.69, 9.17) is 0 Å². The summed E-state index contributed by atoms with van der Waals surface area (Å²) in [4.78, 5) is 30.3. The highest BCUT2D eigenvalue weighted by molar-refractivity contribution is 5.85. The number of urea groups is 1. The zero-order chi connectivity index (χ0) is 18.9. The van der Waals surface area contributed by atoms with Gasteiger partial charge in [-0.25, -0.2) is 4.79 Å². The first-order chi connectivity index (χ1) is 12.3. The molecule has 6 nitrogen and oxygen atoms in total. The molecule has 1 N–H and O–H groups in total. The smallest absolute Gasteiger partial charge is 0.318 e. The number of carbonyl (C=O) groups excluding carboxylic acids is 2. The second kappa shape index (κ2) is 6.91. The van der Waals surface area contributed by atoms with E-state index in [0.29, 0.717) is 6.54 Å². The zero-order valence-electron chi connectivity index (χ0n) is 16.3. The standard InChI is InChI=1S/C20H30N4O2/c1-22(2)17(25)14-24-18(26)21-15-19(24)10-12-20(13-11-19,23(3)4)16-8-6-5-7-9-16/h5-9H,10-15H2,1-4H3,(H,21,26). The summed E-state index contributed by atoms with van der Waals surface area (Å²) in [5.74, 6) is -0.0334. The maximum absolute atomic E-state index is 12.4. The van der Waals surface area contributed by atoms with E-state index in [-0.39, 0.29) is 29.6 Å². The Balaban J connectivity index is 1.83. The Bertz CT molecular complexity index is 664. The van der Waals surface area contributed by atoms with Crippen LogP contribution >= 0.6 is 0 Å². The fraction of sp³-hybridized carbons (Fsp3) is 0.600. The summed E-state index contributed by atoms with van der Waals surface area (Å²) in [5.41, 5.74) is 1.06.